The molecule has 2 fully saturated rings. The fourth-order valence-corrected chi connectivity index (χ4v) is 3.98. The number of amides is 3. The van der Waals surface area contributed by atoms with Crippen molar-refractivity contribution < 1.29 is 9.59 Å². The Morgan fingerprint density at radius 1 is 1.08 bits per heavy atom. The van der Waals surface area contributed by atoms with E-state index >= 15 is 0 Å². The molecule has 136 valence electrons. The van der Waals surface area contributed by atoms with E-state index in [1.807, 2.05) is 30.3 Å². The van der Waals surface area contributed by atoms with Gasteiger partial charge in [-0.2, -0.15) is 0 Å². The second-order valence-electron chi connectivity index (χ2n) is 7.56. The lowest BCUT2D eigenvalue weighted by atomic mass is 9.86. The van der Waals surface area contributed by atoms with Crippen molar-refractivity contribution in [1.29, 1.82) is 0 Å². The number of carbonyl (C=O) groups excluding carboxylic acids is 2. The third kappa shape index (κ3) is 4.97. The first-order chi connectivity index (χ1) is 12.1. The Morgan fingerprint density at radius 2 is 1.88 bits per heavy atom. The predicted molar refractivity (Wildman–Crippen MR) is 99.3 cm³/mol. The third-order valence-electron chi connectivity index (χ3n) is 5.39. The van der Waals surface area contributed by atoms with Crippen LogP contribution in [0.4, 0.5) is 10.5 Å². The average molecular weight is 343 g/mol. The number of benzene rings is 1. The van der Waals surface area contributed by atoms with Gasteiger partial charge in [0.05, 0.1) is 5.92 Å². The number of rotatable bonds is 3. The number of likely N-dealkylation sites (tertiary alicyclic amines) is 1. The van der Waals surface area contributed by atoms with E-state index in [9.17, 15) is 9.59 Å². The SMILES string of the molecule is CC1CCCC(NC(=O)C2CCCN(C(=O)Nc3ccccc3)C2)C1. The summed E-state index contributed by atoms with van der Waals surface area (Å²) in [5, 5.41) is 6.14. The van der Waals surface area contributed by atoms with Crippen LogP contribution >= 0.6 is 0 Å². The van der Waals surface area contributed by atoms with Crippen LogP contribution < -0.4 is 10.6 Å². The Hall–Kier alpha value is -2.04. The summed E-state index contributed by atoms with van der Waals surface area (Å²) in [6, 6.07) is 9.65. The number of hydrogen-bond acceptors (Lipinski definition) is 2. The van der Waals surface area contributed by atoms with Gasteiger partial charge in [-0.15, -0.1) is 0 Å². The van der Waals surface area contributed by atoms with Crippen molar-refractivity contribution in [2.75, 3.05) is 18.4 Å². The summed E-state index contributed by atoms with van der Waals surface area (Å²) in [5.74, 6) is 0.724. The predicted octanol–water partition coefficient (Wildman–Crippen LogP) is 3.63. The zero-order valence-corrected chi connectivity index (χ0v) is 15.0. The van der Waals surface area contributed by atoms with Gasteiger partial charge in [0.15, 0.2) is 0 Å². The molecule has 3 amide bonds. The number of anilines is 1. The maximum absolute atomic E-state index is 12.6. The minimum Gasteiger partial charge on any atom is -0.353 e. The molecule has 1 aliphatic carbocycles. The topological polar surface area (TPSA) is 61.4 Å². The Kier molecular flexibility index (Phi) is 5.95. The molecule has 1 aliphatic heterocycles. The van der Waals surface area contributed by atoms with Gasteiger partial charge in [0.1, 0.15) is 0 Å². The first-order valence-corrected chi connectivity index (χ1v) is 9.53. The summed E-state index contributed by atoms with van der Waals surface area (Å²) in [6.45, 7) is 3.48. The summed E-state index contributed by atoms with van der Waals surface area (Å²) in [6.07, 6.45) is 6.37. The van der Waals surface area contributed by atoms with Gasteiger partial charge < -0.3 is 15.5 Å². The largest absolute Gasteiger partial charge is 0.353 e. The highest BCUT2D eigenvalue weighted by atomic mass is 16.2. The molecule has 0 bridgehead atoms. The number of carbonyl (C=O) groups is 2. The Balaban J connectivity index is 1.51. The van der Waals surface area contributed by atoms with Crippen molar-refractivity contribution in [1.82, 2.24) is 10.2 Å². The molecule has 3 atom stereocenters. The summed E-state index contributed by atoms with van der Waals surface area (Å²) < 4.78 is 0. The van der Waals surface area contributed by atoms with Crippen LogP contribution in [0, 0.1) is 11.8 Å². The summed E-state index contributed by atoms with van der Waals surface area (Å²) in [7, 11) is 0. The molecule has 0 spiro atoms. The molecule has 5 nitrogen and oxygen atoms in total. The first kappa shape index (κ1) is 17.8. The number of nitrogens with one attached hydrogen (secondary N) is 2. The van der Waals surface area contributed by atoms with Crippen LogP contribution in [0.3, 0.4) is 0 Å². The molecule has 2 N–H and O–H groups in total. The van der Waals surface area contributed by atoms with E-state index in [4.69, 9.17) is 0 Å². The summed E-state index contributed by atoms with van der Waals surface area (Å²) in [5.41, 5.74) is 0.787. The molecule has 0 radical (unpaired) electrons. The lowest BCUT2D eigenvalue weighted by molar-refractivity contribution is -0.127. The van der Waals surface area contributed by atoms with Gasteiger partial charge in [-0.1, -0.05) is 38.0 Å². The molecule has 1 saturated heterocycles. The molecule has 3 rings (SSSR count). The standard InChI is InChI=1S/C20H29N3O2/c1-15-7-5-11-18(13-15)21-19(24)16-8-6-12-23(14-16)20(25)22-17-9-3-2-4-10-17/h2-4,9-10,15-16,18H,5-8,11-14H2,1H3,(H,21,24)(H,22,25). The van der Waals surface area contributed by atoms with Gasteiger partial charge in [0.2, 0.25) is 5.91 Å². The zero-order valence-electron chi connectivity index (χ0n) is 15.0. The molecular formula is C20H29N3O2. The molecule has 3 unspecified atom stereocenters. The van der Waals surface area contributed by atoms with Crippen LogP contribution in [0.2, 0.25) is 0 Å². The summed E-state index contributed by atoms with van der Waals surface area (Å²) in [4.78, 5) is 26.8. The minimum atomic E-state index is -0.116. The Bertz CT molecular complexity index is 590. The van der Waals surface area contributed by atoms with Crippen LogP contribution in [0.15, 0.2) is 30.3 Å². The van der Waals surface area contributed by atoms with Gasteiger partial charge in [-0.05, 0) is 43.7 Å². The van der Waals surface area contributed by atoms with Crippen LogP contribution in [-0.2, 0) is 4.79 Å². The first-order valence-electron chi connectivity index (χ1n) is 9.53. The van der Waals surface area contributed by atoms with E-state index in [0.717, 1.165) is 31.4 Å². The second-order valence-corrected chi connectivity index (χ2v) is 7.56. The number of hydrogen-bond donors (Lipinski definition) is 2. The monoisotopic (exact) mass is 343 g/mol. The van der Waals surface area contributed by atoms with E-state index in [2.05, 4.69) is 17.6 Å². The van der Waals surface area contributed by atoms with Gasteiger partial charge in [-0.3, -0.25) is 4.79 Å². The van der Waals surface area contributed by atoms with Gasteiger partial charge in [0.25, 0.3) is 0 Å². The molecule has 1 aromatic carbocycles. The van der Waals surface area contributed by atoms with E-state index in [1.54, 1.807) is 4.90 Å². The molecular weight excluding hydrogens is 314 g/mol. The van der Waals surface area contributed by atoms with Gasteiger partial charge in [0, 0.05) is 24.8 Å². The van der Waals surface area contributed by atoms with Crippen molar-refractivity contribution >= 4 is 17.6 Å². The van der Waals surface area contributed by atoms with Crippen LogP contribution in [0.25, 0.3) is 0 Å². The van der Waals surface area contributed by atoms with E-state index in [0.29, 0.717) is 25.0 Å². The highest BCUT2D eigenvalue weighted by molar-refractivity contribution is 5.90. The second kappa shape index (κ2) is 8.37. The normalized spacial score (nSPS) is 26.8. The molecule has 5 heteroatoms. The maximum Gasteiger partial charge on any atom is 0.321 e. The van der Waals surface area contributed by atoms with Crippen LogP contribution in [-0.4, -0.2) is 36.0 Å². The smallest absolute Gasteiger partial charge is 0.321 e. The number of para-hydroxylation sites is 1. The molecule has 0 aromatic heterocycles. The van der Waals surface area contributed by atoms with Gasteiger partial charge >= 0.3 is 6.03 Å². The van der Waals surface area contributed by atoms with Crippen molar-refractivity contribution in [3.05, 3.63) is 30.3 Å². The molecule has 1 heterocycles. The van der Waals surface area contributed by atoms with Gasteiger partial charge in [-0.25, -0.2) is 4.79 Å². The van der Waals surface area contributed by atoms with Crippen molar-refractivity contribution in [3.63, 3.8) is 0 Å². The number of piperidine rings is 1. The highest BCUT2D eigenvalue weighted by Gasteiger charge is 2.30. The fraction of sp³-hybridized carbons (Fsp3) is 0.600. The number of urea groups is 1. The van der Waals surface area contributed by atoms with Crippen molar-refractivity contribution in [2.45, 2.75) is 51.5 Å². The Morgan fingerprint density at radius 3 is 2.64 bits per heavy atom. The quantitative estimate of drug-likeness (QED) is 0.880. The lowest BCUT2D eigenvalue weighted by Gasteiger charge is -2.34. The van der Waals surface area contributed by atoms with Crippen LogP contribution in [0.5, 0.6) is 0 Å². The van der Waals surface area contributed by atoms with E-state index in [-0.39, 0.29) is 17.9 Å². The average Bonchev–Trinajstić information content (AvgIpc) is 2.62. The van der Waals surface area contributed by atoms with E-state index < -0.39 is 0 Å². The Labute approximate surface area is 150 Å². The van der Waals surface area contributed by atoms with Crippen molar-refractivity contribution in [2.24, 2.45) is 11.8 Å². The van der Waals surface area contributed by atoms with E-state index in [1.165, 1.54) is 12.8 Å². The minimum absolute atomic E-state index is 0.0903. The number of nitrogens with zero attached hydrogens (tertiary/aromatic N) is 1. The lowest BCUT2D eigenvalue weighted by Crippen LogP contribution is -2.49. The van der Waals surface area contributed by atoms with Crippen LogP contribution in [0.1, 0.15) is 45.4 Å². The zero-order chi connectivity index (χ0) is 17.6. The fourth-order valence-electron chi connectivity index (χ4n) is 3.98. The maximum atomic E-state index is 12.6. The molecule has 2 aliphatic rings. The third-order valence-corrected chi connectivity index (χ3v) is 5.39. The molecule has 1 saturated carbocycles. The van der Waals surface area contributed by atoms with Crippen molar-refractivity contribution in [3.8, 4) is 0 Å². The summed E-state index contributed by atoms with van der Waals surface area (Å²) >= 11 is 0. The molecule has 1 aromatic rings. The highest BCUT2D eigenvalue weighted by Crippen LogP contribution is 2.25. The molecule has 25 heavy (non-hydrogen) atoms.